The Bertz CT molecular complexity index is 549. The Morgan fingerprint density at radius 2 is 2.11 bits per heavy atom. The van der Waals surface area contributed by atoms with Gasteiger partial charge in [0.05, 0.1) is 3.79 Å². The molecule has 0 spiro atoms. The van der Waals surface area contributed by atoms with Gasteiger partial charge in [-0.3, -0.25) is 0 Å². The average Bonchev–Trinajstić information content (AvgIpc) is 2.97. The van der Waals surface area contributed by atoms with E-state index in [0.717, 1.165) is 0 Å². The number of hydrogen-bond acceptors (Lipinski definition) is 2. The number of nitrogens with one attached hydrogen (secondary N) is 1. The second-order valence-electron chi connectivity index (χ2n) is 4.82. The van der Waals surface area contributed by atoms with E-state index in [1.165, 1.54) is 32.6 Å². The van der Waals surface area contributed by atoms with E-state index in [-0.39, 0.29) is 0 Å². The highest BCUT2D eigenvalue weighted by molar-refractivity contribution is 9.11. The van der Waals surface area contributed by atoms with Gasteiger partial charge in [-0.05, 0) is 59.0 Å². The van der Waals surface area contributed by atoms with Gasteiger partial charge in [0.15, 0.2) is 0 Å². The van der Waals surface area contributed by atoms with Gasteiger partial charge in [-0.15, -0.1) is 11.3 Å². The molecule has 0 saturated carbocycles. The lowest BCUT2D eigenvalue weighted by Gasteiger charge is -2.19. The largest absolute Gasteiger partial charge is 0.303 e. The smallest absolute Gasteiger partial charge is 0.0701 e. The minimum atomic E-state index is 0.414. The Kier molecular flexibility index (Phi) is 3.55. The van der Waals surface area contributed by atoms with Crippen LogP contribution in [-0.2, 0) is 6.42 Å². The molecule has 1 N–H and O–H groups in total. The normalized spacial score (nSPS) is 19.8. The fraction of sp³-hybridized carbons (Fsp3) is 0.333. The molecule has 94 valence electrons. The van der Waals surface area contributed by atoms with Crippen LogP contribution in [0.5, 0.6) is 0 Å². The lowest BCUT2D eigenvalue weighted by Crippen LogP contribution is -2.22. The van der Waals surface area contributed by atoms with Crippen molar-refractivity contribution in [3.05, 3.63) is 56.2 Å². The van der Waals surface area contributed by atoms with Gasteiger partial charge in [0.25, 0.3) is 0 Å². The van der Waals surface area contributed by atoms with Gasteiger partial charge in [-0.25, -0.2) is 0 Å². The van der Waals surface area contributed by atoms with Gasteiger partial charge in [0.1, 0.15) is 0 Å². The van der Waals surface area contributed by atoms with Crippen molar-refractivity contribution in [2.24, 2.45) is 0 Å². The third-order valence-corrected chi connectivity index (χ3v) is 5.41. The van der Waals surface area contributed by atoms with E-state index >= 15 is 0 Å². The summed E-state index contributed by atoms with van der Waals surface area (Å²) in [4.78, 5) is 1.39. The lowest BCUT2D eigenvalue weighted by atomic mass is 10.1. The molecule has 1 nitrogen and oxygen atoms in total. The predicted octanol–water partition coefficient (Wildman–Crippen LogP) is 4.85. The molecule has 2 aromatic rings. The maximum atomic E-state index is 3.75. The molecule has 3 rings (SSSR count). The molecule has 0 bridgehead atoms. The quantitative estimate of drug-likeness (QED) is 0.852. The summed E-state index contributed by atoms with van der Waals surface area (Å²) >= 11 is 5.34. The molecule has 2 atom stereocenters. The molecule has 0 radical (unpaired) electrons. The van der Waals surface area contributed by atoms with Crippen molar-refractivity contribution in [1.82, 2.24) is 5.32 Å². The van der Waals surface area contributed by atoms with Crippen molar-refractivity contribution in [3.63, 3.8) is 0 Å². The molecule has 2 unspecified atom stereocenters. The minimum absolute atomic E-state index is 0.414. The number of hydrogen-bond donors (Lipinski definition) is 1. The number of benzene rings is 1. The van der Waals surface area contributed by atoms with Crippen LogP contribution in [0.15, 0.2) is 40.2 Å². The lowest BCUT2D eigenvalue weighted by molar-refractivity contribution is 0.469. The van der Waals surface area contributed by atoms with E-state index in [2.05, 4.69) is 64.6 Å². The molecule has 1 aliphatic carbocycles. The van der Waals surface area contributed by atoms with Crippen LogP contribution < -0.4 is 5.32 Å². The Labute approximate surface area is 120 Å². The first-order valence-corrected chi connectivity index (χ1v) is 7.94. The standard InChI is InChI=1S/C15H16BrNS/c1-10(14-8-9-15(16)18-14)17-13-7-6-11-4-2-3-5-12(11)13/h2-5,8-10,13,17H,6-7H2,1H3. The predicted molar refractivity (Wildman–Crippen MR) is 81.1 cm³/mol. The highest BCUT2D eigenvalue weighted by Crippen LogP contribution is 2.34. The van der Waals surface area contributed by atoms with Crippen molar-refractivity contribution in [1.29, 1.82) is 0 Å². The summed E-state index contributed by atoms with van der Waals surface area (Å²) in [5, 5.41) is 3.75. The van der Waals surface area contributed by atoms with Crippen LogP contribution >= 0.6 is 27.3 Å². The summed E-state index contributed by atoms with van der Waals surface area (Å²) < 4.78 is 1.21. The second-order valence-corrected chi connectivity index (χ2v) is 7.31. The zero-order valence-corrected chi connectivity index (χ0v) is 12.7. The van der Waals surface area contributed by atoms with Gasteiger partial charge >= 0.3 is 0 Å². The highest BCUT2D eigenvalue weighted by Gasteiger charge is 2.23. The minimum Gasteiger partial charge on any atom is -0.303 e. The van der Waals surface area contributed by atoms with Gasteiger partial charge in [0, 0.05) is 17.0 Å². The SMILES string of the molecule is CC(NC1CCc2ccccc21)c1ccc(Br)s1. The van der Waals surface area contributed by atoms with Gasteiger partial charge < -0.3 is 5.32 Å². The molecule has 0 amide bonds. The highest BCUT2D eigenvalue weighted by atomic mass is 79.9. The summed E-state index contributed by atoms with van der Waals surface area (Å²) in [7, 11) is 0. The molecule has 18 heavy (non-hydrogen) atoms. The number of rotatable bonds is 3. The van der Waals surface area contributed by atoms with Gasteiger partial charge in [0.2, 0.25) is 0 Å². The maximum absolute atomic E-state index is 3.75. The number of thiophene rings is 1. The number of aryl methyl sites for hydroxylation is 1. The molecule has 1 aromatic heterocycles. The van der Waals surface area contributed by atoms with Gasteiger partial charge in [-0.2, -0.15) is 0 Å². The van der Waals surface area contributed by atoms with E-state index in [1.807, 2.05) is 11.3 Å². The Morgan fingerprint density at radius 3 is 2.89 bits per heavy atom. The zero-order chi connectivity index (χ0) is 12.5. The summed E-state index contributed by atoms with van der Waals surface area (Å²) in [6.45, 7) is 2.25. The van der Waals surface area contributed by atoms with Crippen molar-refractivity contribution < 1.29 is 0 Å². The molecule has 1 heterocycles. The first-order chi connectivity index (χ1) is 8.74. The Hall–Kier alpha value is -0.640. The van der Waals surface area contributed by atoms with Crippen LogP contribution in [-0.4, -0.2) is 0 Å². The summed E-state index contributed by atoms with van der Waals surface area (Å²) in [6.07, 6.45) is 2.42. The van der Waals surface area contributed by atoms with E-state index in [1.54, 1.807) is 0 Å². The van der Waals surface area contributed by atoms with E-state index in [4.69, 9.17) is 0 Å². The first-order valence-electron chi connectivity index (χ1n) is 6.33. The monoisotopic (exact) mass is 321 g/mol. The van der Waals surface area contributed by atoms with Crippen molar-refractivity contribution in [3.8, 4) is 0 Å². The van der Waals surface area contributed by atoms with Crippen molar-refractivity contribution in [2.75, 3.05) is 0 Å². The molecule has 3 heteroatoms. The number of fused-ring (bicyclic) bond motifs is 1. The van der Waals surface area contributed by atoms with E-state index in [0.29, 0.717) is 12.1 Å². The van der Waals surface area contributed by atoms with Crippen LogP contribution in [0.4, 0.5) is 0 Å². The van der Waals surface area contributed by atoms with Gasteiger partial charge in [-0.1, -0.05) is 24.3 Å². The summed E-state index contributed by atoms with van der Waals surface area (Å²) in [5.41, 5.74) is 2.99. The molecule has 1 aliphatic rings. The molecule has 1 aromatic carbocycles. The third-order valence-electron chi connectivity index (χ3n) is 3.60. The molecule has 0 saturated heterocycles. The van der Waals surface area contributed by atoms with Crippen LogP contribution in [0.1, 0.15) is 41.4 Å². The Morgan fingerprint density at radius 1 is 1.28 bits per heavy atom. The summed E-state index contributed by atoms with van der Waals surface area (Å²) in [5.74, 6) is 0. The van der Waals surface area contributed by atoms with Crippen molar-refractivity contribution in [2.45, 2.75) is 31.8 Å². The average molecular weight is 322 g/mol. The topological polar surface area (TPSA) is 12.0 Å². The fourth-order valence-corrected chi connectivity index (χ4v) is 4.11. The second kappa shape index (κ2) is 5.16. The summed E-state index contributed by atoms with van der Waals surface area (Å²) in [6, 6.07) is 14.1. The number of halogens is 1. The molecular formula is C15H16BrNS. The third kappa shape index (κ3) is 2.40. The Balaban J connectivity index is 1.75. The zero-order valence-electron chi connectivity index (χ0n) is 10.3. The van der Waals surface area contributed by atoms with Crippen LogP contribution in [0, 0.1) is 0 Å². The maximum Gasteiger partial charge on any atom is 0.0701 e. The molecule has 0 aliphatic heterocycles. The van der Waals surface area contributed by atoms with E-state index in [9.17, 15) is 0 Å². The molecule has 0 fully saturated rings. The van der Waals surface area contributed by atoms with Crippen LogP contribution in [0.3, 0.4) is 0 Å². The van der Waals surface area contributed by atoms with Crippen LogP contribution in [0.2, 0.25) is 0 Å². The van der Waals surface area contributed by atoms with Crippen LogP contribution in [0.25, 0.3) is 0 Å². The van der Waals surface area contributed by atoms with E-state index < -0.39 is 0 Å². The van der Waals surface area contributed by atoms with Crippen molar-refractivity contribution >= 4 is 27.3 Å². The fourth-order valence-electron chi connectivity index (χ4n) is 2.68. The molecular weight excluding hydrogens is 306 g/mol. The first kappa shape index (κ1) is 12.4.